The topological polar surface area (TPSA) is 127 Å². The van der Waals surface area contributed by atoms with Crippen molar-refractivity contribution in [1.82, 2.24) is 5.32 Å². The van der Waals surface area contributed by atoms with Crippen LogP contribution in [0.5, 0.6) is 40.2 Å². The number of nitrogens with zero attached hydrogens (tertiary/aromatic N) is 1. The van der Waals surface area contributed by atoms with E-state index in [0.717, 1.165) is 66.6 Å². The number of methoxy groups -OCH3 is 5. The molecule has 2 aliphatic heterocycles. The summed E-state index contributed by atoms with van der Waals surface area (Å²) < 4.78 is 40.2. The number of amides is 1. The molecule has 12 nitrogen and oxygen atoms in total. The lowest BCUT2D eigenvalue weighted by atomic mass is 9.98. The average Bonchev–Trinajstić information content (AvgIpc) is 3.71. The summed E-state index contributed by atoms with van der Waals surface area (Å²) in [5.41, 5.74) is 4.79. The first kappa shape index (κ1) is 38.0. The number of oxime groups is 1. The van der Waals surface area contributed by atoms with Gasteiger partial charge in [-0.25, -0.2) is 0 Å². The molecule has 4 aromatic rings. The summed E-state index contributed by atoms with van der Waals surface area (Å²) in [4.78, 5) is 18.5. The Bertz CT molecular complexity index is 1910. The minimum absolute atomic E-state index is 0.109. The minimum Gasteiger partial charge on any atom is -0.493 e. The molecule has 286 valence electrons. The van der Waals surface area contributed by atoms with Gasteiger partial charge in [-0.1, -0.05) is 61.2 Å². The van der Waals surface area contributed by atoms with Gasteiger partial charge in [-0.05, 0) is 60.9 Å². The van der Waals surface area contributed by atoms with Gasteiger partial charge in [0.2, 0.25) is 5.75 Å². The highest BCUT2D eigenvalue weighted by atomic mass is 16.6. The summed E-state index contributed by atoms with van der Waals surface area (Å²) in [5.74, 6) is 4.18. The van der Waals surface area contributed by atoms with Gasteiger partial charge in [0.05, 0.1) is 60.0 Å². The molecule has 6 rings (SSSR count). The van der Waals surface area contributed by atoms with E-state index < -0.39 is 0 Å². The Labute approximate surface area is 316 Å². The molecule has 0 aliphatic carbocycles. The molecule has 2 atom stereocenters. The molecule has 0 spiro atoms. The molecule has 0 radical (unpaired) electrons. The van der Waals surface area contributed by atoms with E-state index >= 15 is 0 Å². The van der Waals surface area contributed by atoms with Crippen LogP contribution in [0.3, 0.4) is 0 Å². The monoisotopic (exact) mass is 739 g/mol. The van der Waals surface area contributed by atoms with Crippen LogP contribution in [-0.2, 0) is 4.84 Å². The summed E-state index contributed by atoms with van der Waals surface area (Å²) in [7, 11) is 8.02. The Morgan fingerprint density at radius 3 is 2.00 bits per heavy atom. The van der Waals surface area contributed by atoms with Gasteiger partial charge in [0, 0.05) is 23.2 Å². The standard InChI is InChI=1S/C42H49N3O9/c1-47-36-23-27(41-43-31-17-11-10-15-29(31)42(46)44-41)19-20-33(36)52-21-12-8-6-7-9-13-22-53-34-18-14-16-30(39(34)50-4)35-26-32(45-54-35)28-24-37(48-2)40(51-5)38(25-28)49-3/h10-11,14-20,23-25,35,41,43H,6-9,12-13,21-22,26H2,1-5H3,(H,44,46). The normalized spacial score (nSPS) is 15.9. The summed E-state index contributed by atoms with van der Waals surface area (Å²) >= 11 is 0. The van der Waals surface area contributed by atoms with Crippen LogP contribution in [0.2, 0.25) is 0 Å². The second-order valence-electron chi connectivity index (χ2n) is 13.0. The lowest BCUT2D eigenvalue weighted by Crippen LogP contribution is -2.38. The van der Waals surface area contributed by atoms with Crippen molar-refractivity contribution in [3.05, 3.63) is 95.1 Å². The minimum atomic E-state index is -0.356. The fourth-order valence-corrected chi connectivity index (χ4v) is 6.71. The second kappa shape index (κ2) is 18.3. The Morgan fingerprint density at radius 1 is 0.648 bits per heavy atom. The first-order valence-electron chi connectivity index (χ1n) is 18.3. The van der Waals surface area contributed by atoms with E-state index in [4.69, 9.17) is 38.0 Å². The van der Waals surface area contributed by atoms with E-state index in [1.54, 1.807) is 41.6 Å². The highest BCUT2D eigenvalue weighted by molar-refractivity contribution is 6.02. The van der Waals surface area contributed by atoms with Gasteiger partial charge in [-0.15, -0.1) is 0 Å². The van der Waals surface area contributed by atoms with Gasteiger partial charge >= 0.3 is 0 Å². The zero-order chi connectivity index (χ0) is 37.9. The number of fused-ring (bicyclic) bond motifs is 1. The van der Waals surface area contributed by atoms with E-state index in [0.29, 0.717) is 65.4 Å². The summed E-state index contributed by atoms with van der Waals surface area (Å²) in [6.45, 7) is 1.18. The zero-order valence-corrected chi connectivity index (χ0v) is 31.6. The largest absolute Gasteiger partial charge is 0.493 e. The maximum absolute atomic E-state index is 12.6. The molecular weight excluding hydrogens is 690 g/mol. The van der Waals surface area contributed by atoms with Crippen LogP contribution < -0.4 is 43.8 Å². The fraction of sp³-hybridized carbons (Fsp3) is 0.381. The van der Waals surface area contributed by atoms with Crippen LogP contribution >= 0.6 is 0 Å². The van der Waals surface area contributed by atoms with Gasteiger partial charge in [-0.2, -0.15) is 0 Å². The Balaban J connectivity index is 0.902. The quantitative estimate of drug-likeness (QED) is 0.0908. The molecule has 0 fully saturated rings. The molecule has 0 bridgehead atoms. The lowest BCUT2D eigenvalue weighted by Gasteiger charge is -2.28. The Kier molecular flexibility index (Phi) is 12.9. The van der Waals surface area contributed by atoms with Crippen LogP contribution in [0.1, 0.15) is 84.3 Å². The smallest absolute Gasteiger partial charge is 0.255 e. The predicted molar refractivity (Wildman–Crippen MR) is 206 cm³/mol. The van der Waals surface area contributed by atoms with Gasteiger partial charge in [0.25, 0.3) is 5.91 Å². The molecule has 0 saturated carbocycles. The second-order valence-corrected chi connectivity index (χ2v) is 13.0. The van der Waals surface area contributed by atoms with E-state index in [1.165, 1.54) is 0 Å². The third-order valence-corrected chi connectivity index (χ3v) is 9.55. The highest BCUT2D eigenvalue weighted by Crippen LogP contribution is 2.43. The van der Waals surface area contributed by atoms with Gasteiger partial charge in [0.1, 0.15) is 6.17 Å². The number of benzene rings is 4. The highest BCUT2D eigenvalue weighted by Gasteiger charge is 2.30. The number of carbonyl (C=O) groups excluding carboxylic acids is 1. The van der Waals surface area contributed by atoms with Crippen LogP contribution in [0.4, 0.5) is 5.69 Å². The van der Waals surface area contributed by atoms with Gasteiger partial charge in [-0.3, -0.25) is 4.79 Å². The number of anilines is 1. The first-order valence-corrected chi connectivity index (χ1v) is 18.3. The fourth-order valence-electron chi connectivity index (χ4n) is 6.71. The van der Waals surface area contributed by atoms with Crippen LogP contribution in [0.15, 0.2) is 78.0 Å². The predicted octanol–water partition coefficient (Wildman–Crippen LogP) is 8.25. The molecule has 2 heterocycles. The van der Waals surface area contributed by atoms with Crippen molar-refractivity contribution in [3.63, 3.8) is 0 Å². The summed E-state index contributed by atoms with van der Waals surface area (Å²) in [6.07, 6.45) is 6.08. The van der Waals surface area contributed by atoms with E-state index in [1.807, 2.05) is 66.7 Å². The number of carbonyl (C=O) groups is 1. The van der Waals surface area contributed by atoms with Crippen molar-refractivity contribution in [2.45, 2.75) is 57.2 Å². The number of para-hydroxylation sites is 2. The van der Waals surface area contributed by atoms with Crippen molar-refractivity contribution in [3.8, 4) is 40.2 Å². The van der Waals surface area contributed by atoms with Crippen LogP contribution in [-0.4, -0.2) is 60.4 Å². The van der Waals surface area contributed by atoms with E-state index in [2.05, 4.69) is 15.8 Å². The van der Waals surface area contributed by atoms with Crippen molar-refractivity contribution < 1.29 is 42.8 Å². The van der Waals surface area contributed by atoms with Crippen molar-refractivity contribution in [2.75, 3.05) is 54.1 Å². The van der Waals surface area contributed by atoms with Crippen molar-refractivity contribution in [2.24, 2.45) is 5.16 Å². The molecule has 2 unspecified atom stereocenters. The molecular formula is C42H49N3O9. The number of ether oxygens (including phenoxy) is 7. The third kappa shape index (κ3) is 8.70. The lowest BCUT2D eigenvalue weighted by molar-refractivity contribution is 0.0832. The first-order chi connectivity index (χ1) is 26.5. The maximum atomic E-state index is 12.6. The Hall–Kier alpha value is -5.78. The summed E-state index contributed by atoms with van der Waals surface area (Å²) in [6, 6.07) is 22.8. The molecule has 54 heavy (non-hydrogen) atoms. The number of rotatable bonds is 19. The van der Waals surface area contributed by atoms with E-state index in [-0.39, 0.29) is 18.2 Å². The van der Waals surface area contributed by atoms with Gasteiger partial charge < -0.3 is 48.6 Å². The Morgan fingerprint density at radius 2 is 1.31 bits per heavy atom. The summed E-state index contributed by atoms with van der Waals surface area (Å²) in [5, 5.41) is 10.8. The number of unbranched alkanes of at least 4 members (excludes halogenated alkanes) is 5. The molecule has 4 aromatic carbocycles. The van der Waals surface area contributed by atoms with Crippen LogP contribution in [0.25, 0.3) is 0 Å². The molecule has 1 amide bonds. The molecule has 0 saturated heterocycles. The number of hydrogen-bond donors (Lipinski definition) is 2. The molecule has 0 aromatic heterocycles. The van der Waals surface area contributed by atoms with Crippen LogP contribution in [0, 0.1) is 0 Å². The van der Waals surface area contributed by atoms with Crippen molar-refractivity contribution in [1.29, 1.82) is 0 Å². The maximum Gasteiger partial charge on any atom is 0.255 e. The molecule has 2 aliphatic rings. The zero-order valence-electron chi connectivity index (χ0n) is 31.6. The molecule has 12 heteroatoms. The van der Waals surface area contributed by atoms with Gasteiger partial charge in [0.15, 0.2) is 40.6 Å². The SMILES string of the molecule is COc1cc(C2NC(=O)c3ccccc3N2)ccc1OCCCCCCCCOc1cccc(C2CC(c3cc(OC)c(OC)c(OC)c3)=NO2)c1OC. The van der Waals surface area contributed by atoms with Crippen molar-refractivity contribution >= 4 is 17.3 Å². The third-order valence-electron chi connectivity index (χ3n) is 9.55. The number of nitrogens with one attached hydrogen (secondary N) is 2. The average molecular weight is 740 g/mol. The molecule has 2 N–H and O–H groups in total. The number of hydrogen-bond acceptors (Lipinski definition) is 11. The van der Waals surface area contributed by atoms with E-state index in [9.17, 15) is 4.79 Å².